The predicted molar refractivity (Wildman–Crippen MR) is 83.8 cm³/mol. The molecule has 2 rings (SSSR count). The van der Waals surface area contributed by atoms with E-state index in [2.05, 4.69) is 23.0 Å². The van der Waals surface area contributed by atoms with E-state index in [1.54, 1.807) is 14.2 Å². The van der Waals surface area contributed by atoms with Gasteiger partial charge in [0.05, 0.1) is 19.9 Å². The Kier molecular flexibility index (Phi) is 5.58. The number of hydrogen-bond donors (Lipinski definition) is 0. The molecule has 4 nitrogen and oxygen atoms in total. The first-order chi connectivity index (χ1) is 10.2. The summed E-state index contributed by atoms with van der Waals surface area (Å²) in [6, 6.07) is 12.1. The zero-order valence-corrected chi connectivity index (χ0v) is 12.9. The molecule has 112 valence electrons. The van der Waals surface area contributed by atoms with Gasteiger partial charge in [-0.15, -0.1) is 0 Å². The molecule has 1 aromatic carbocycles. The normalized spacial score (nSPS) is 10.7. The lowest BCUT2D eigenvalue weighted by atomic mass is 10.1. The average molecular weight is 286 g/mol. The van der Waals surface area contributed by atoms with E-state index in [-0.39, 0.29) is 0 Å². The number of hydrogen-bond acceptors (Lipinski definition) is 4. The zero-order valence-electron chi connectivity index (χ0n) is 12.9. The molecular formula is C17H22N2O2. The predicted octanol–water partition coefficient (Wildman–Crippen LogP) is 2.77. The van der Waals surface area contributed by atoms with Crippen molar-refractivity contribution in [1.29, 1.82) is 0 Å². The third kappa shape index (κ3) is 4.46. The third-order valence-corrected chi connectivity index (χ3v) is 3.39. The standard InChI is InChI=1S/C17H22N2O2/c1-19(13-15-6-4-5-10-18-15)11-9-14-7-8-16(20-2)17(12-14)21-3/h4-8,10,12H,9,11,13H2,1-3H3. The molecular weight excluding hydrogens is 264 g/mol. The largest absolute Gasteiger partial charge is 0.493 e. The topological polar surface area (TPSA) is 34.6 Å². The van der Waals surface area contributed by atoms with Crippen molar-refractivity contribution in [3.8, 4) is 11.5 Å². The second kappa shape index (κ2) is 7.64. The van der Waals surface area contributed by atoms with Crippen molar-refractivity contribution in [3.63, 3.8) is 0 Å². The molecule has 0 spiro atoms. The van der Waals surface area contributed by atoms with Crippen molar-refractivity contribution < 1.29 is 9.47 Å². The fourth-order valence-corrected chi connectivity index (χ4v) is 2.20. The molecule has 1 aromatic heterocycles. The number of methoxy groups -OCH3 is 2. The van der Waals surface area contributed by atoms with Gasteiger partial charge in [0.2, 0.25) is 0 Å². The Balaban J connectivity index is 1.90. The van der Waals surface area contributed by atoms with Crippen LogP contribution < -0.4 is 9.47 Å². The van der Waals surface area contributed by atoms with Crippen LogP contribution in [-0.4, -0.2) is 37.7 Å². The maximum atomic E-state index is 5.33. The molecule has 0 radical (unpaired) electrons. The highest BCUT2D eigenvalue weighted by Gasteiger charge is 2.06. The quantitative estimate of drug-likeness (QED) is 0.784. The van der Waals surface area contributed by atoms with Crippen LogP contribution in [0.3, 0.4) is 0 Å². The highest BCUT2D eigenvalue weighted by molar-refractivity contribution is 5.42. The fraction of sp³-hybridized carbons (Fsp3) is 0.353. The minimum Gasteiger partial charge on any atom is -0.493 e. The highest BCUT2D eigenvalue weighted by atomic mass is 16.5. The van der Waals surface area contributed by atoms with Crippen LogP contribution in [0.15, 0.2) is 42.6 Å². The molecule has 4 heteroatoms. The van der Waals surface area contributed by atoms with E-state index in [1.807, 2.05) is 36.5 Å². The first kappa shape index (κ1) is 15.3. The highest BCUT2D eigenvalue weighted by Crippen LogP contribution is 2.27. The minimum atomic E-state index is 0.767. The number of benzene rings is 1. The first-order valence-corrected chi connectivity index (χ1v) is 7.02. The molecule has 0 atom stereocenters. The Bertz CT molecular complexity index is 558. The first-order valence-electron chi connectivity index (χ1n) is 7.02. The van der Waals surface area contributed by atoms with E-state index in [0.717, 1.165) is 36.7 Å². The molecule has 0 unspecified atom stereocenters. The van der Waals surface area contributed by atoms with Gasteiger partial charge in [-0.05, 0) is 43.3 Å². The molecule has 0 saturated carbocycles. The van der Waals surface area contributed by atoms with E-state index < -0.39 is 0 Å². The third-order valence-electron chi connectivity index (χ3n) is 3.39. The van der Waals surface area contributed by atoms with Crippen LogP contribution in [0.4, 0.5) is 0 Å². The maximum absolute atomic E-state index is 5.33. The van der Waals surface area contributed by atoms with Crippen LogP contribution in [-0.2, 0) is 13.0 Å². The number of nitrogens with zero attached hydrogens (tertiary/aromatic N) is 2. The monoisotopic (exact) mass is 286 g/mol. The van der Waals surface area contributed by atoms with Crippen LogP contribution in [0.1, 0.15) is 11.3 Å². The van der Waals surface area contributed by atoms with Crippen molar-refractivity contribution in [2.24, 2.45) is 0 Å². The molecule has 0 N–H and O–H groups in total. The van der Waals surface area contributed by atoms with Gasteiger partial charge >= 0.3 is 0 Å². The van der Waals surface area contributed by atoms with E-state index in [9.17, 15) is 0 Å². The summed E-state index contributed by atoms with van der Waals surface area (Å²) >= 11 is 0. The van der Waals surface area contributed by atoms with E-state index in [0.29, 0.717) is 0 Å². The molecule has 0 aliphatic carbocycles. The smallest absolute Gasteiger partial charge is 0.160 e. The Hall–Kier alpha value is -2.07. The molecule has 1 heterocycles. The summed E-state index contributed by atoms with van der Waals surface area (Å²) in [7, 11) is 5.42. The number of ether oxygens (including phenoxy) is 2. The number of likely N-dealkylation sites (N-methyl/N-ethyl adjacent to an activating group) is 1. The zero-order chi connectivity index (χ0) is 15.1. The Labute approximate surface area is 126 Å². The van der Waals surface area contributed by atoms with Crippen molar-refractivity contribution in [1.82, 2.24) is 9.88 Å². The van der Waals surface area contributed by atoms with E-state index >= 15 is 0 Å². The molecule has 0 amide bonds. The molecule has 2 aromatic rings. The maximum Gasteiger partial charge on any atom is 0.160 e. The Morgan fingerprint density at radius 3 is 2.52 bits per heavy atom. The van der Waals surface area contributed by atoms with Crippen molar-refractivity contribution >= 4 is 0 Å². The molecule has 0 saturated heterocycles. The minimum absolute atomic E-state index is 0.767. The number of aromatic nitrogens is 1. The summed E-state index contributed by atoms with van der Waals surface area (Å²) in [6.07, 6.45) is 2.79. The van der Waals surface area contributed by atoms with Crippen LogP contribution in [0, 0.1) is 0 Å². The van der Waals surface area contributed by atoms with Gasteiger partial charge in [0.15, 0.2) is 11.5 Å². The van der Waals surface area contributed by atoms with Crippen molar-refractivity contribution in [2.75, 3.05) is 27.8 Å². The van der Waals surface area contributed by atoms with Crippen LogP contribution in [0.5, 0.6) is 11.5 Å². The lowest BCUT2D eigenvalue weighted by Crippen LogP contribution is -2.21. The van der Waals surface area contributed by atoms with Gasteiger partial charge in [-0.2, -0.15) is 0 Å². The van der Waals surface area contributed by atoms with Crippen molar-refractivity contribution in [2.45, 2.75) is 13.0 Å². The van der Waals surface area contributed by atoms with Crippen LogP contribution >= 0.6 is 0 Å². The second-order valence-corrected chi connectivity index (χ2v) is 5.00. The Morgan fingerprint density at radius 1 is 1.05 bits per heavy atom. The van der Waals surface area contributed by atoms with Gasteiger partial charge in [-0.3, -0.25) is 4.98 Å². The molecule has 21 heavy (non-hydrogen) atoms. The molecule has 0 bridgehead atoms. The molecule has 0 fully saturated rings. The average Bonchev–Trinajstić information content (AvgIpc) is 2.53. The fourth-order valence-electron chi connectivity index (χ4n) is 2.20. The van der Waals surface area contributed by atoms with Crippen LogP contribution in [0.2, 0.25) is 0 Å². The molecule has 0 aliphatic rings. The van der Waals surface area contributed by atoms with Crippen molar-refractivity contribution in [3.05, 3.63) is 53.9 Å². The summed E-state index contributed by atoms with van der Waals surface area (Å²) in [4.78, 5) is 6.61. The Morgan fingerprint density at radius 2 is 1.86 bits per heavy atom. The molecule has 0 aliphatic heterocycles. The lowest BCUT2D eigenvalue weighted by molar-refractivity contribution is 0.326. The number of rotatable bonds is 7. The lowest BCUT2D eigenvalue weighted by Gasteiger charge is -2.16. The van der Waals surface area contributed by atoms with Gasteiger partial charge < -0.3 is 14.4 Å². The SMILES string of the molecule is COc1ccc(CCN(C)Cc2ccccn2)cc1OC. The summed E-state index contributed by atoms with van der Waals surface area (Å²) in [5.74, 6) is 1.55. The summed E-state index contributed by atoms with van der Waals surface area (Å²) in [5, 5.41) is 0. The van der Waals surface area contributed by atoms with Gasteiger partial charge in [0.25, 0.3) is 0 Å². The van der Waals surface area contributed by atoms with Gasteiger partial charge in [-0.25, -0.2) is 0 Å². The van der Waals surface area contributed by atoms with E-state index in [1.165, 1.54) is 5.56 Å². The summed E-state index contributed by atoms with van der Waals surface area (Å²) in [6.45, 7) is 1.82. The second-order valence-electron chi connectivity index (χ2n) is 5.00. The number of pyridine rings is 1. The van der Waals surface area contributed by atoms with Gasteiger partial charge in [0, 0.05) is 19.3 Å². The summed E-state index contributed by atoms with van der Waals surface area (Å²) < 4.78 is 10.6. The van der Waals surface area contributed by atoms with Gasteiger partial charge in [-0.1, -0.05) is 12.1 Å². The summed E-state index contributed by atoms with van der Waals surface area (Å²) in [5.41, 5.74) is 2.33. The van der Waals surface area contributed by atoms with E-state index in [4.69, 9.17) is 9.47 Å². The van der Waals surface area contributed by atoms with Crippen LogP contribution in [0.25, 0.3) is 0 Å². The van der Waals surface area contributed by atoms with Gasteiger partial charge in [0.1, 0.15) is 0 Å².